The van der Waals surface area contributed by atoms with Crippen LogP contribution in [0, 0.1) is 5.92 Å². The second-order valence-electron chi connectivity index (χ2n) is 6.11. The molecule has 4 nitrogen and oxygen atoms in total. The van der Waals surface area contributed by atoms with E-state index in [1.54, 1.807) is 0 Å². The Hall–Kier alpha value is -2.06. The molecule has 0 radical (unpaired) electrons. The van der Waals surface area contributed by atoms with Gasteiger partial charge in [-0.15, -0.1) is 0 Å². The number of anilines is 1. The molecule has 1 heterocycles. The summed E-state index contributed by atoms with van der Waals surface area (Å²) in [6.07, 6.45) is 0.834. The maximum absolute atomic E-state index is 12.6. The van der Waals surface area contributed by atoms with Gasteiger partial charge in [0.15, 0.2) is 0 Å². The van der Waals surface area contributed by atoms with E-state index < -0.39 is 20.2 Å². The lowest BCUT2D eigenvalue weighted by molar-refractivity contribution is -0.0436. The molecule has 1 N–H and O–H groups in total. The van der Waals surface area contributed by atoms with E-state index >= 15 is 0 Å². The van der Waals surface area contributed by atoms with Crippen molar-refractivity contribution in [3.05, 3.63) is 60.2 Å². The van der Waals surface area contributed by atoms with Gasteiger partial charge in [-0.1, -0.05) is 30.3 Å². The van der Waals surface area contributed by atoms with Crippen molar-refractivity contribution >= 4 is 15.5 Å². The van der Waals surface area contributed by atoms with E-state index in [0.717, 1.165) is 24.1 Å². The fourth-order valence-electron chi connectivity index (χ4n) is 2.99. The van der Waals surface area contributed by atoms with Gasteiger partial charge in [-0.3, -0.25) is 0 Å². The second kappa shape index (κ2) is 7.28. The molecule has 1 aliphatic rings. The Morgan fingerprint density at radius 2 is 1.69 bits per heavy atom. The van der Waals surface area contributed by atoms with Crippen LogP contribution in [-0.2, 0) is 14.6 Å². The Bertz CT molecular complexity index is 836. The topological polar surface area (TPSA) is 55.4 Å². The Morgan fingerprint density at radius 3 is 2.31 bits per heavy atom. The lowest BCUT2D eigenvalue weighted by Crippen LogP contribution is -2.23. The van der Waals surface area contributed by atoms with Crippen molar-refractivity contribution in [3.63, 3.8) is 0 Å². The van der Waals surface area contributed by atoms with E-state index in [1.807, 2.05) is 30.3 Å². The molecule has 1 fully saturated rings. The van der Waals surface area contributed by atoms with Crippen LogP contribution in [-0.4, -0.2) is 27.1 Å². The average molecular weight is 385 g/mol. The molecule has 0 saturated carbocycles. The van der Waals surface area contributed by atoms with Crippen molar-refractivity contribution < 1.29 is 26.3 Å². The molecule has 1 saturated heterocycles. The first kappa shape index (κ1) is 18.7. The highest BCUT2D eigenvalue weighted by atomic mass is 32.2. The summed E-state index contributed by atoms with van der Waals surface area (Å²) in [6.45, 7) is 1.22. The molecular formula is C18H18F3NO3S. The first-order valence-corrected chi connectivity index (χ1v) is 9.59. The van der Waals surface area contributed by atoms with Gasteiger partial charge in [0, 0.05) is 24.8 Å². The van der Waals surface area contributed by atoms with Crippen LogP contribution >= 0.6 is 0 Å². The van der Waals surface area contributed by atoms with E-state index in [-0.39, 0.29) is 12.0 Å². The summed E-state index contributed by atoms with van der Waals surface area (Å²) < 4.78 is 66.2. The largest absolute Gasteiger partial charge is 0.501 e. The summed E-state index contributed by atoms with van der Waals surface area (Å²) in [7, 11) is -5.32. The molecule has 2 aromatic carbocycles. The molecule has 2 aromatic rings. The normalized spacial score (nSPS) is 20.9. The minimum atomic E-state index is -5.32. The first-order valence-electron chi connectivity index (χ1n) is 8.11. The monoisotopic (exact) mass is 385 g/mol. The molecule has 2 atom stereocenters. The molecule has 0 amide bonds. The van der Waals surface area contributed by atoms with Crippen molar-refractivity contribution in [1.82, 2.24) is 0 Å². The predicted molar refractivity (Wildman–Crippen MR) is 91.4 cm³/mol. The van der Waals surface area contributed by atoms with E-state index in [9.17, 15) is 21.6 Å². The highest BCUT2D eigenvalue weighted by Gasteiger charge is 2.46. The number of benzene rings is 2. The summed E-state index contributed by atoms with van der Waals surface area (Å²) in [4.78, 5) is -0.762. The number of sulfone groups is 1. The van der Waals surface area contributed by atoms with E-state index in [4.69, 9.17) is 4.74 Å². The highest BCUT2D eigenvalue weighted by Crippen LogP contribution is 2.35. The molecule has 0 spiro atoms. The Labute approximate surface area is 149 Å². The van der Waals surface area contributed by atoms with Crippen LogP contribution in [0.25, 0.3) is 0 Å². The zero-order valence-electron chi connectivity index (χ0n) is 13.7. The number of rotatable bonds is 5. The quantitative estimate of drug-likeness (QED) is 0.839. The molecule has 0 aliphatic carbocycles. The standard InChI is InChI=1S/C18H18F3NO3S/c19-18(20,21)26(23,24)16-8-6-15(7-9-16)22-12-14-10-11-25-17(14)13-4-2-1-3-5-13/h1-9,14,17,22H,10-12H2. The number of hydrogen-bond donors (Lipinski definition) is 1. The van der Waals surface area contributed by atoms with Crippen molar-refractivity contribution in [2.75, 3.05) is 18.5 Å². The molecule has 1 aliphatic heterocycles. The molecule has 0 bridgehead atoms. The van der Waals surface area contributed by atoms with Gasteiger partial charge in [0.1, 0.15) is 0 Å². The van der Waals surface area contributed by atoms with Crippen LogP contribution in [0.1, 0.15) is 18.1 Å². The maximum atomic E-state index is 12.6. The third kappa shape index (κ3) is 3.86. The van der Waals surface area contributed by atoms with E-state index in [0.29, 0.717) is 18.8 Å². The molecule has 26 heavy (non-hydrogen) atoms. The number of alkyl halides is 3. The SMILES string of the molecule is O=S(=O)(c1ccc(NCC2CCOC2c2ccccc2)cc1)C(F)(F)F. The molecule has 2 unspecified atom stereocenters. The Balaban J connectivity index is 1.65. The van der Waals surface area contributed by atoms with Crippen LogP contribution in [0.4, 0.5) is 18.9 Å². The second-order valence-corrected chi connectivity index (χ2v) is 8.05. The molecular weight excluding hydrogens is 367 g/mol. The maximum Gasteiger partial charge on any atom is 0.501 e. The minimum absolute atomic E-state index is 0.0337. The minimum Gasteiger partial charge on any atom is -0.385 e. The van der Waals surface area contributed by atoms with Gasteiger partial charge in [-0.05, 0) is 36.2 Å². The molecule has 3 rings (SSSR count). The average Bonchev–Trinajstić information content (AvgIpc) is 3.09. The van der Waals surface area contributed by atoms with Crippen LogP contribution < -0.4 is 5.32 Å². The predicted octanol–water partition coefficient (Wildman–Crippen LogP) is 4.17. The van der Waals surface area contributed by atoms with Gasteiger partial charge >= 0.3 is 5.51 Å². The summed E-state index contributed by atoms with van der Waals surface area (Å²) in [5.74, 6) is 0.219. The number of hydrogen-bond acceptors (Lipinski definition) is 4. The van der Waals surface area contributed by atoms with Crippen molar-refractivity contribution in [2.24, 2.45) is 5.92 Å². The van der Waals surface area contributed by atoms with Gasteiger partial charge < -0.3 is 10.1 Å². The lowest BCUT2D eigenvalue weighted by atomic mass is 9.95. The molecule has 140 valence electrons. The van der Waals surface area contributed by atoms with Crippen molar-refractivity contribution in [1.29, 1.82) is 0 Å². The summed E-state index contributed by atoms with van der Waals surface area (Å²) in [5, 5.41) is 3.15. The van der Waals surface area contributed by atoms with Gasteiger partial charge in [-0.2, -0.15) is 13.2 Å². The van der Waals surface area contributed by atoms with Crippen LogP contribution in [0.15, 0.2) is 59.5 Å². The summed E-state index contributed by atoms with van der Waals surface area (Å²) >= 11 is 0. The van der Waals surface area contributed by atoms with Crippen LogP contribution in [0.5, 0.6) is 0 Å². The van der Waals surface area contributed by atoms with Crippen molar-refractivity contribution in [3.8, 4) is 0 Å². The Kier molecular flexibility index (Phi) is 5.24. The Morgan fingerprint density at radius 1 is 1.04 bits per heavy atom. The zero-order chi connectivity index (χ0) is 18.8. The summed E-state index contributed by atoms with van der Waals surface area (Å²) in [6, 6.07) is 14.4. The van der Waals surface area contributed by atoms with Crippen molar-refractivity contribution in [2.45, 2.75) is 22.9 Å². The van der Waals surface area contributed by atoms with Gasteiger partial charge in [-0.25, -0.2) is 8.42 Å². The highest BCUT2D eigenvalue weighted by molar-refractivity contribution is 7.92. The van der Waals surface area contributed by atoms with Gasteiger partial charge in [0.2, 0.25) is 0 Å². The van der Waals surface area contributed by atoms with Gasteiger partial charge in [0.05, 0.1) is 11.0 Å². The van der Waals surface area contributed by atoms with E-state index in [2.05, 4.69) is 5.32 Å². The fraction of sp³-hybridized carbons (Fsp3) is 0.333. The van der Waals surface area contributed by atoms with Gasteiger partial charge in [0.25, 0.3) is 9.84 Å². The summed E-state index contributed by atoms with van der Waals surface area (Å²) in [5.41, 5.74) is -3.65. The van der Waals surface area contributed by atoms with Crippen LogP contribution in [0.3, 0.4) is 0 Å². The third-order valence-electron chi connectivity index (χ3n) is 4.38. The zero-order valence-corrected chi connectivity index (χ0v) is 14.6. The fourth-order valence-corrected chi connectivity index (χ4v) is 3.75. The number of ether oxygens (including phenoxy) is 1. The lowest BCUT2D eigenvalue weighted by Gasteiger charge is -2.20. The smallest absolute Gasteiger partial charge is 0.385 e. The number of halogens is 3. The first-order chi connectivity index (χ1) is 12.3. The van der Waals surface area contributed by atoms with Crippen LogP contribution in [0.2, 0.25) is 0 Å². The van der Waals surface area contributed by atoms with E-state index in [1.165, 1.54) is 12.1 Å². The molecule has 8 heteroatoms. The third-order valence-corrected chi connectivity index (χ3v) is 5.88. The number of nitrogens with one attached hydrogen (secondary N) is 1. The molecule has 0 aromatic heterocycles.